The Morgan fingerprint density at radius 2 is 1.91 bits per heavy atom. The van der Waals surface area contributed by atoms with Crippen molar-refractivity contribution in [1.82, 2.24) is 4.90 Å². The number of nitro benzene ring substituents is 1. The summed E-state index contributed by atoms with van der Waals surface area (Å²) in [5, 5.41) is 12.1. The Kier molecular flexibility index (Phi) is 11.1. The maximum atomic E-state index is 13.8. The average Bonchev–Trinajstić information content (AvgIpc) is 3.71. The second-order valence-electron chi connectivity index (χ2n) is 11.6. The van der Waals surface area contributed by atoms with E-state index in [0.29, 0.717) is 58.7 Å². The van der Waals surface area contributed by atoms with Crippen molar-refractivity contribution in [2.24, 2.45) is 5.41 Å². The first-order chi connectivity index (χ1) is 20.4. The van der Waals surface area contributed by atoms with Crippen LogP contribution in [0.3, 0.4) is 0 Å². The Labute approximate surface area is 271 Å². The lowest BCUT2D eigenvalue weighted by Gasteiger charge is -2.36. The van der Waals surface area contributed by atoms with Crippen molar-refractivity contribution in [3.63, 3.8) is 0 Å². The molecule has 2 aliphatic rings. The second-order valence-corrected chi connectivity index (χ2v) is 15.6. The van der Waals surface area contributed by atoms with Gasteiger partial charge in [0, 0.05) is 27.8 Å². The van der Waals surface area contributed by atoms with E-state index >= 15 is 0 Å². The molecule has 1 saturated carbocycles. The monoisotopic (exact) mass is 744 g/mol. The third-order valence-electron chi connectivity index (χ3n) is 8.14. The standard InChI is InChI=1S/C30H37ClIN4O6S/c1-3-23-8-7-22(17-26(23)36(38)39)19-43(40,41)35-13-11-34(12-14-35)27(18-33)29(42-20-30(2)9-10-30)28(37)25(32)16-21-5-4-6-24(31)15-21/h4-8,15,17,25,33H,3,9-14,16,18-20H2,1-2H3/q-1/p+1/b29-27-. The van der Waals surface area contributed by atoms with Crippen molar-refractivity contribution in [2.45, 2.75) is 49.2 Å². The van der Waals surface area contributed by atoms with Crippen LogP contribution in [0.25, 0.3) is 5.73 Å². The van der Waals surface area contributed by atoms with E-state index < -0.39 is 18.9 Å². The van der Waals surface area contributed by atoms with Crippen LogP contribution in [-0.4, -0.2) is 67.3 Å². The first kappa shape index (κ1) is 33.6. The van der Waals surface area contributed by atoms with Gasteiger partial charge in [-0.1, -0.05) is 72.3 Å². The summed E-state index contributed by atoms with van der Waals surface area (Å²) in [5.41, 5.74) is 10.6. The molecular weight excluding hydrogens is 707 g/mol. The third kappa shape index (κ3) is 8.68. The molecular formula is C30H38ClIN4O6S. The van der Waals surface area contributed by atoms with E-state index in [2.05, 4.69) is 29.5 Å². The van der Waals surface area contributed by atoms with Crippen molar-refractivity contribution in [3.05, 3.63) is 91.5 Å². The molecule has 0 spiro atoms. The Morgan fingerprint density at radius 3 is 2.49 bits per heavy atom. The molecule has 1 heterocycles. The summed E-state index contributed by atoms with van der Waals surface area (Å²) < 4.78 is 32.8. The minimum absolute atomic E-state index is 0.0215. The van der Waals surface area contributed by atoms with Crippen molar-refractivity contribution >= 4 is 55.7 Å². The number of halogens is 2. The zero-order valence-corrected chi connectivity index (χ0v) is 28.1. The van der Waals surface area contributed by atoms with Crippen LogP contribution in [0.15, 0.2) is 53.9 Å². The number of Topliss-reactive ketones (excluding diaryl/α,β-unsaturated/α-hetero) is 1. The molecule has 1 atom stereocenters. The number of carbonyl (C=O) groups excluding carboxylic acids is 1. The second kappa shape index (κ2) is 14.2. The van der Waals surface area contributed by atoms with Crippen LogP contribution in [0.2, 0.25) is 5.02 Å². The van der Waals surface area contributed by atoms with Crippen LogP contribution < -0.4 is 4.31 Å². The quantitative estimate of drug-likeness (QED) is 0.0750. The number of rotatable bonds is 14. The van der Waals surface area contributed by atoms with Gasteiger partial charge in [-0.3, -0.25) is 14.9 Å². The fourth-order valence-corrected chi connectivity index (χ4v) is 7.80. The first-order valence-electron chi connectivity index (χ1n) is 14.4. The molecule has 2 N–H and O–H groups in total. The van der Waals surface area contributed by atoms with E-state index in [9.17, 15) is 23.3 Å². The summed E-state index contributed by atoms with van der Waals surface area (Å²) in [6.07, 6.45) is 2.98. The van der Waals surface area contributed by atoms with E-state index in [1.807, 2.05) is 30.0 Å². The number of hydrogen-bond donors (Lipinski definition) is 1. The van der Waals surface area contributed by atoms with Gasteiger partial charge in [0.05, 0.1) is 28.5 Å². The van der Waals surface area contributed by atoms with Gasteiger partial charge in [-0.15, -0.1) is 6.54 Å². The Balaban J connectivity index is 1.49. The number of benzene rings is 2. The van der Waals surface area contributed by atoms with Crippen molar-refractivity contribution < 1.29 is 27.2 Å². The van der Waals surface area contributed by atoms with Gasteiger partial charge in [0.2, 0.25) is 5.78 Å². The minimum atomic E-state index is -3.67. The number of hydrogen-bond acceptors (Lipinski definition) is 7. The maximum absolute atomic E-state index is 13.8. The van der Waals surface area contributed by atoms with Gasteiger partial charge in [-0.05, 0) is 48.9 Å². The fourth-order valence-electron chi connectivity index (χ4n) is 5.17. The molecule has 1 unspecified atom stereocenters. The van der Waals surface area contributed by atoms with Gasteiger partial charge >= 0.3 is 0 Å². The smallest absolute Gasteiger partial charge is 0.299 e. The van der Waals surface area contributed by atoms with E-state index in [1.54, 1.807) is 18.2 Å². The van der Waals surface area contributed by atoms with Crippen LogP contribution in [0.1, 0.15) is 43.4 Å². The molecule has 234 valence electrons. The Hall–Kier alpha value is -2.26. The largest absolute Gasteiger partial charge is 0.672 e. The first-order valence-corrected chi connectivity index (χ1v) is 17.6. The summed E-state index contributed by atoms with van der Waals surface area (Å²) in [5.74, 6) is -0.300. The number of piperazine rings is 1. The molecule has 2 aromatic carbocycles. The topological polar surface area (TPSA) is 135 Å². The molecule has 0 aromatic heterocycles. The molecule has 0 amide bonds. The van der Waals surface area contributed by atoms with E-state index in [1.165, 1.54) is 6.07 Å². The van der Waals surface area contributed by atoms with Gasteiger partial charge < -0.3 is 15.4 Å². The summed E-state index contributed by atoms with van der Waals surface area (Å²) in [6, 6.07) is 12.0. The number of ketones is 1. The van der Waals surface area contributed by atoms with Crippen LogP contribution in [0, 0.1) is 15.5 Å². The molecule has 0 bridgehead atoms. The van der Waals surface area contributed by atoms with Crippen molar-refractivity contribution in [1.29, 1.82) is 0 Å². The van der Waals surface area contributed by atoms with Gasteiger partial charge in [0.15, 0.2) is 5.76 Å². The minimum Gasteiger partial charge on any atom is -0.672 e. The average molecular weight is 745 g/mol. The van der Waals surface area contributed by atoms with Gasteiger partial charge in [-0.25, -0.2) is 4.31 Å². The summed E-state index contributed by atoms with van der Waals surface area (Å²) in [7, 11) is -3.67. The predicted octanol–water partition coefficient (Wildman–Crippen LogP) is 4.54. The zero-order chi connectivity index (χ0) is 31.4. The van der Waals surface area contributed by atoms with Gasteiger partial charge in [0.1, 0.15) is 18.8 Å². The normalized spacial score (nSPS) is 18.1. The SMILES string of the molecule is CCc1ccc(CS(=O)(=O)[NH+]2CCN(/C(C[NH-])=C(\OCC3(C)CC3)C(=O)C(I)Cc3cccc(Cl)c3)CC2)cc1[N+](=O)[O-]. The van der Waals surface area contributed by atoms with E-state index in [0.717, 1.165) is 18.4 Å². The molecule has 2 fully saturated rings. The third-order valence-corrected chi connectivity index (χ3v) is 11.4. The van der Waals surface area contributed by atoms with Crippen LogP contribution in [0.4, 0.5) is 5.69 Å². The fraction of sp³-hybridized carbons (Fsp3) is 0.500. The lowest BCUT2D eigenvalue weighted by Crippen LogP contribution is -3.16. The highest BCUT2D eigenvalue weighted by atomic mass is 127. The highest BCUT2D eigenvalue weighted by molar-refractivity contribution is 14.1. The number of nitrogens with one attached hydrogen (secondary N) is 2. The number of aryl methyl sites for hydroxylation is 1. The number of sulfonamides is 1. The lowest BCUT2D eigenvalue weighted by atomic mass is 10.1. The molecule has 1 aliphatic carbocycles. The number of nitrogens with zero attached hydrogens (tertiary/aromatic N) is 2. The van der Waals surface area contributed by atoms with Crippen LogP contribution >= 0.6 is 34.2 Å². The van der Waals surface area contributed by atoms with Crippen molar-refractivity contribution in [2.75, 3.05) is 39.3 Å². The predicted molar refractivity (Wildman–Crippen MR) is 175 cm³/mol. The number of carbonyl (C=O) groups is 1. The number of quaternary nitrogens is 1. The molecule has 10 nitrogen and oxygen atoms in total. The Morgan fingerprint density at radius 1 is 1.21 bits per heavy atom. The molecule has 4 rings (SSSR count). The number of ether oxygens (including phenoxy) is 1. The maximum Gasteiger partial charge on any atom is 0.299 e. The number of allylic oxidation sites excluding steroid dienone is 1. The number of nitro groups is 1. The summed E-state index contributed by atoms with van der Waals surface area (Å²) in [4.78, 5) is 26.7. The molecule has 1 saturated heterocycles. The molecule has 13 heteroatoms. The molecule has 0 radical (unpaired) electrons. The summed E-state index contributed by atoms with van der Waals surface area (Å²) >= 11 is 8.27. The Bertz CT molecular complexity index is 1490. The van der Waals surface area contributed by atoms with Crippen LogP contribution in [0.5, 0.6) is 0 Å². The van der Waals surface area contributed by atoms with Crippen LogP contribution in [-0.2, 0) is 38.1 Å². The molecule has 2 aromatic rings. The highest BCUT2D eigenvalue weighted by Gasteiger charge is 2.40. The van der Waals surface area contributed by atoms with Crippen molar-refractivity contribution in [3.8, 4) is 0 Å². The van der Waals surface area contributed by atoms with E-state index in [-0.39, 0.29) is 48.0 Å². The number of alkyl halides is 1. The summed E-state index contributed by atoms with van der Waals surface area (Å²) in [6.45, 7) is 5.30. The highest BCUT2D eigenvalue weighted by Crippen LogP contribution is 2.45. The molecule has 43 heavy (non-hydrogen) atoms. The lowest BCUT2D eigenvalue weighted by molar-refractivity contribution is -0.773. The zero-order valence-electron chi connectivity index (χ0n) is 24.4. The van der Waals surface area contributed by atoms with Gasteiger partial charge in [-0.2, -0.15) is 8.42 Å². The van der Waals surface area contributed by atoms with Gasteiger partial charge in [0.25, 0.3) is 15.7 Å². The molecule has 1 aliphatic heterocycles. The van der Waals surface area contributed by atoms with E-state index in [4.69, 9.17) is 22.1 Å².